The summed E-state index contributed by atoms with van der Waals surface area (Å²) in [5.74, 6) is -0.342. The predicted octanol–water partition coefficient (Wildman–Crippen LogP) is 1.82. The van der Waals surface area contributed by atoms with Crippen molar-refractivity contribution in [3.8, 4) is 0 Å². The average Bonchev–Trinajstić information content (AvgIpc) is 2.26. The SMILES string of the molecule is CCOC(=O)CCc1c(N)cc(S(C)(=O)=O)cc1Cl. The molecule has 0 atom stereocenters. The number of nitrogens with two attached hydrogens (primary N) is 1. The minimum Gasteiger partial charge on any atom is -0.466 e. The number of hydrogen-bond acceptors (Lipinski definition) is 5. The van der Waals surface area contributed by atoms with E-state index in [4.69, 9.17) is 22.1 Å². The third kappa shape index (κ3) is 4.40. The largest absolute Gasteiger partial charge is 0.466 e. The molecule has 1 aromatic rings. The van der Waals surface area contributed by atoms with Crippen molar-refractivity contribution in [2.24, 2.45) is 0 Å². The van der Waals surface area contributed by atoms with Gasteiger partial charge >= 0.3 is 5.97 Å². The van der Waals surface area contributed by atoms with Gasteiger partial charge in [-0.15, -0.1) is 0 Å². The Kier molecular flexibility index (Phi) is 5.20. The number of ether oxygens (including phenoxy) is 1. The molecule has 0 aliphatic carbocycles. The highest BCUT2D eigenvalue weighted by Crippen LogP contribution is 2.28. The molecular formula is C12H16ClNO4S. The Balaban J connectivity index is 2.95. The number of rotatable bonds is 5. The van der Waals surface area contributed by atoms with Gasteiger partial charge in [-0.25, -0.2) is 8.42 Å². The molecule has 0 amide bonds. The first-order chi connectivity index (χ1) is 8.75. The fraction of sp³-hybridized carbons (Fsp3) is 0.417. The number of esters is 1. The van der Waals surface area contributed by atoms with Crippen LogP contribution in [0.2, 0.25) is 5.02 Å². The predicted molar refractivity (Wildman–Crippen MR) is 73.9 cm³/mol. The number of carbonyl (C=O) groups excluding carboxylic acids is 1. The topological polar surface area (TPSA) is 86.5 Å². The number of sulfone groups is 1. The van der Waals surface area contributed by atoms with Crippen molar-refractivity contribution < 1.29 is 17.9 Å². The number of anilines is 1. The van der Waals surface area contributed by atoms with Gasteiger partial charge < -0.3 is 10.5 Å². The first-order valence-corrected chi connectivity index (χ1v) is 7.96. The molecule has 19 heavy (non-hydrogen) atoms. The molecule has 5 nitrogen and oxygen atoms in total. The number of carbonyl (C=O) groups is 1. The maximum absolute atomic E-state index is 11.4. The molecule has 1 rings (SSSR count). The first kappa shape index (κ1) is 15.8. The highest BCUT2D eigenvalue weighted by atomic mass is 35.5. The smallest absolute Gasteiger partial charge is 0.306 e. The molecule has 106 valence electrons. The van der Waals surface area contributed by atoms with Crippen molar-refractivity contribution in [1.29, 1.82) is 0 Å². The van der Waals surface area contributed by atoms with E-state index in [0.29, 0.717) is 18.6 Å². The summed E-state index contributed by atoms with van der Waals surface area (Å²) in [5.41, 5.74) is 6.60. The van der Waals surface area contributed by atoms with E-state index >= 15 is 0 Å². The molecule has 0 bridgehead atoms. The maximum atomic E-state index is 11.4. The molecule has 0 aliphatic heterocycles. The fourth-order valence-electron chi connectivity index (χ4n) is 1.57. The quantitative estimate of drug-likeness (QED) is 0.662. The Hall–Kier alpha value is -1.27. The second-order valence-corrected chi connectivity index (χ2v) is 6.47. The minimum absolute atomic E-state index is 0.0647. The van der Waals surface area contributed by atoms with Gasteiger partial charge in [0.1, 0.15) is 0 Å². The molecule has 1 aromatic carbocycles. The summed E-state index contributed by atoms with van der Waals surface area (Å²) in [5, 5.41) is 0.240. The number of nitrogen functional groups attached to an aromatic ring is 1. The normalized spacial score (nSPS) is 11.3. The first-order valence-electron chi connectivity index (χ1n) is 5.69. The molecule has 0 radical (unpaired) electrons. The summed E-state index contributed by atoms with van der Waals surface area (Å²) >= 11 is 6.00. The van der Waals surface area contributed by atoms with Crippen LogP contribution < -0.4 is 5.73 Å². The molecule has 7 heteroatoms. The van der Waals surface area contributed by atoms with Crippen molar-refractivity contribution in [3.63, 3.8) is 0 Å². The van der Waals surface area contributed by atoms with E-state index in [1.165, 1.54) is 12.1 Å². The van der Waals surface area contributed by atoms with Crippen LogP contribution in [0.1, 0.15) is 18.9 Å². The zero-order valence-corrected chi connectivity index (χ0v) is 12.3. The number of halogens is 1. The van der Waals surface area contributed by atoms with Gasteiger partial charge in [-0.2, -0.15) is 0 Å². The van der Waals surface area contributed by atoms with Gasteiger partial charge in [-0.3, -0.25) is 4.79 Å². The molecular weight excluding hydrogens is 290 g/mol. The lowest BCUT2D eigenvalue weighted by molar-refractivity contribution is -0.143. The van der Waals surface area contributed by atoms with Crippen LogP contribution in [0.15, 0.2) is 17.0 Å². The maximum Gasteiger partial charge on any atom is 0.306 e. The molecule has 2 N–H and O–H groups in total. The monoisotopic (exact) mass is 305 g/mol. The average molecular weight is 306 g/mol. The Bertz CT molecular complexity index is 560. The highest BCUT2D eigenvalue weighted by Gasteiger charge is 2.14. The summed E-state index contributed by atoms with van der Waals surface area (Å²) in [6.45, 7) is 2.04. The second kappa shape index (κ2) is 6.25. The number of hydrogen-bond donors (Lipinski definition) is 1. The van der Waals surface area contributed by atoms with Crippen molar-refractivity contribution >= 4 is 33.1 Å². The lowest BCUT2D eigenvalue weighted by Gasteiger charge is -2.10. The van der Waals surface area contributed by atoms with Gasteiger partial charge in [-0.05, 0) is 31.0 Å². The third-order valence-electron chi connectivity index (χ3n) is 2.52. The van der Waals surface area contributed by atoms with Crippen LogP contribution in [-0.4, -0.2) is 27.2 Å². The standard InChI is InChI=1S/C12H16ClNO4S/c1-3-18-12(15)5-4-9-10(13)6-8(7-11(9)14)19(2,16)17/h6-7H,3-5,14H2,1-2H3. The van der Waals surface area contributed by atoms with E-state index in [2.05, 4.69) is 0 Å². The Labute approximate surface area is 117 Å². The van der Waals surface area contributed by atoms with Crippen molar-refractivity contribution in [1.82, 2.24) is 0 Å². The molecule has 0 aliphatic rings. The van der Waals surface area contributed by atoms with Gasteiger partial charge in [-0.1, -0.05) is 11.6 Å². The molecule has 0 saturated heterocycles. The van der Waals surface area contributed by atoms with Crippen LogP contribution in [-0.2, 0) is 25.8 Å². The van der Waals surface area contributed by atoms with Crippen LogP contribution in [0.5, 0.6) is 0 Å². The van der Waals surface area contributed by atoms with Crippen LogP contribution in [0.25, 0.3) is 0 Å². The zero-order chi connectivity index (χ0) is 14.6. The molecule has 0 fully saturated rings. The fourth-order valence-corrected chi connectivity index (χ4v) is 2.63. The van der Waals surface area contributed by atoms with Crippen molar-refractivity contribution in [2.45, 2.75) is 24.7 Å². The van der Waals surface area contributed by atoms with Crippen molar-refractivity contribution in [2.75, 3.05) is 18.6 Å². The van der Waals surface area contributed by atoms with Gasteiger partial charge in [0.05, 0.1) is 11.5 Å². The molecule has 0 aromatic heterocycles. The van der Waals surface area contributed by atoms with E-state index in [1.54, 1.807) is 6.92 Å². The molecule has 0 spiro atoms. The second-order valence-electron chi connectivity index (χ2n) is 4.05. The Morgan fingerprint density at radius 2 is 2.05 bits per heavy atom. The zero-order valence-electron chi connectivity index (χ0n) is 10.8. The van der Waals surface area contributed by atoms with Crippen LogP contribution in [0, 0.1) is 0 Å². The minimum atomic E-state index is -3.36. The Morgan fingerprint density at radius 1 is 1.42 bits per heavy atom. The van der Waals surface area contributed by atoms with E-state index in [0.717, 1.165) is 6.26 Å². The van der Waals surface area contributed by atoms with Gasteiger partial charge in [0.25, 0.3) is 0 Å². The summed E-state index contributed by atoms with van der Waals surface area (Å²) in [7, 11) is -3.36. The highest BCUT2D eigenvalue weighted by molar-refractivity contribution is 7.90. The molecule has 0 saturated carbocycles. The van der Waals surface area contributed by atoms with Crippen LogP contribution in [0.4, 0.5) is 5.69 Å². The van der Waals surface area contributed by atoms with E-state index in [-0.39, 0.29) is 28.0 Å². The van der Waals surface area contributed by atoms with Crippen molar-refractivity contribution in [3.05, 3.63) is 22.7 Å². The summed E-state index contributed by atoms with van der Waals surface area (Å²) in [6.07, 6.45) is 1.54. The molecule has 0 unspecified atom stereocenters. The van der Waals surface area contributed by atoms with E-state index in [9.17, 15) is 13.2 Å². The van der Waals surface area contributed by atoms with Gasteiger partial charge in [0.2, 0.25) is 0 Å². The Morgan fingerprint density at radius 3 is 2.53 bits per heavy atom. The van der Waals surface area contributed by atoms with Gasteiger partial charge in [0, 0.05) is 23.4 Å². The lowest BCUT2D eigenvalue weighted by atomic mass is 10.1. The van der Waals surface area contributed by atoms with E-state index in [1.807, 2.05) is 0 Å². The van der Waals surface area contributed by atoms with Crippen LogP contribution >= 0.6 is 11.6 Å². The molecule has 0 heterocycles. The van der Waals surface area contributed by atoms with E-state index < -0.39 is 9.84 Å². The third-order valence-corrected chi connectivity index (χ3v) is 3.95. The van der Waals surface area contributed by atoms with Crippen LogP contribution in [0.3, 0.4) is 0 Å². The summed E-state index contributed by atoms with van der Waals surface area (Å²) in [4.78, 5) is 11.3. The summed E-state index contributed by atoms with van der Waals surface area (Å²) in [6, 6.07) is 2.69. The number of benzene rings is 1. The summed E-state index contributed by atoms with van der Waals surface area (Å²) < 4.78 is 27.6. The van der Waals surface area contributed by atoms with Gasteiger partial charge in [0.15, 0.2) is 9.84 Å². The lowest BCUT2D eigenvalue weighted by Crippen LogP contribution is -2.07.